The molecule has 1 atom stereocenters. The van der Waals surface area contributed by atoms with Crippen LogP contribution in [0.1, 0.15) is 24.9 Å². The van der Waals surface area contributed by atoms with Crippen molar-refractivity contribution in [2.24, 2.45) is 0 Å². The molecule has 0 bridgehead atoms. The molecule has 5 nitrogen and oxygen atoms in total. The van der Waals surface area contributed by atoms with Crippen LogP contribution in [0.5, 0.6) is 5.75 Å². The van der Waals surface area contributed by atoms with Gasteiger partial charge in [0.2, 0.25) is 0 Å². The van der Waals surface area contributed by atoms with Crippen molar-refractivity contribution in [3.63, 3.8) is 0 Å². The molecule has 0 aliphatic rings. The fourth-order valence-corrected chi connectivity index (χ4v) is 2.24. The van der Waals surface area contributed by atoms with Crippen LogP contribution < -0.4 is 10.1 Å². The number of methoxy groups -OCH3 is 1. The molecule has 0 radical (unpaired) electrons. The number of rotatable bonds is 8. The van der Waals surface area contributed by atoms with Crippen LogP contribution in [0.3, 0.4) is 0 Å². The number of aromatic nitrogens is 1. The summed E-state index contributed by atoms with van der Waals surface area (Å²) in [5, 5.41) is 3.45. The van der Waals surface area contributed by atoms with Gasteiger partial charge in [0.25, 0.3) is 0 Å². The van der Waals surface area contributed by atoms with Crippen LogP contribution in [0.25, 0.3) is 0 Å². The Balaban J connectivity index is 2.09. The number of benzene rings is 1. The number of ether oxygens (including phenoxy) is 2. The summed E-state index contributed by atoms with van der Waals surface area (Å²) < 4.78 is 10.1. The first-order valence-corrected chi connectivity index (χ1v) is 7.86. The number of pyridine rings is 1. The molecule has 0 fully saturated rings. The van der Waals surface area contributed by atoms with Gasteiger partial charge in [-0.15, -0.1) is 0 Å². The van der Waals surface area contributed by atoms with E-state index in [1.165, 1.54) is 6.08 Å². The Hall–Kier alpha value is -2.82. The van der Waals surface area contributed by atoms with Crippen LogP contribution in [0.2, 0.25) is 0 Å². The van der Waals surface area contributed by atoms with Gasteiger partial charge in [0.15, 0.2) is 0 Å². The van der Waals surface area contributed by atoms with Gasteiger partial charge in [0.1, 0.15) is 5.75 Å². The highest BCUT2D eigenvalue weighted by Gasteiger charge is 2.10. The molecule has 1 heterocycles. The normalized spacial score (nSPS) is 11.9. The van der Waals surface area contributed by atoms with Crippen molar-refractivity contribution in [1.29, 1.82) is 0 Å². The van der Waals surface area contributed by atoms with Gasteiger partial charge in [-0.1, -0.05) is 12.1 Å². The van der Waals surface area contributed by atoms with Gasteiger partial charge in [-0.3, -0.25) is 4.98 Å². The molecule has 0 aliphatic heterocycles. The van der Waals surface area contributed by atoms with Gasteiger partial charge in [0, 0.05) is 24.2 Å². The largest absolute Gasteiger partial charge is 0.497 e. The first-order chi connectivity index (χ1) is 11.7. The maximum absolute atomic E-state index is 11.4. The first-order valence-electron chi connectivity index (χ1n) is 7.86. The molecule has 0 unspecified atom stereocenters. The second-order valence-electron chi connectivity index (χ2n) is 5.10. The summed E-state index contributed by atoms with van der Waals surface area (Å²) in [4.78, 5) is 15.6. The summed E-state index contributed by atoms with van der Waals surface area (Å²) in [7, 11) is 1.64. The van der Waals surface area contributed by atoms with E-state index in [2.05, 4.69) is 10.3 Å². The highest BCUT2D eigenvalue weighted by atomic mass is 16.5. The van der Waals surface area contributed by atoms with Crippen LogP contribution in [-0.4, -0.2) is 24.7 Å². The maximum atomic E-state index is 11.4. The summed E-state index contributed by atoms with van der Waals surface area (Å²) >= 11 is 0. The molecule has 1 aromatic heterocycles. The van der Waals surface area contributed by atoms with Gasteiger partial charge >= 0.3 is 5.97 Å². The van der Waals surface area contributed by atoms with Crippen molar-refractivity contribution >= 4 is 11.7 Å². The lowest BCUT2D eigenvalue weighted by molar-refractivity contribution is -0.137. The standard InChI is InChI=1S/C19H22N2O3/c1-3-24-19(22)8-4-7-18(15-6-5-13-20-14-15)21-16-9-11-17(23-2)12-10-16/h4-6,8-14,18,21H,3,7H2,1-2H3/b8-4+/t18-/m0/s1. The zero-order valence-electron chi connectivity index (χ0n) is 13.9. The molecule has 5 heteroatoms. The van der Waals surface area contributed by atoms with Crippen molar-refractivity contribution < 1.29 is 14.3 Å². The zero-order valence-corrected chi connectivity index (χ0v) is 13.9. The van der Waals surface area contributed by atoms with E-state index in [1.807, 2.05) is 48.7 Å². The summed E-state index contributed by atoms with van der Waals surface area (Å²) in [5.41, 5.74) is 2.01. The fourth-order valence-electron chi connectivity index (χ4n) is 2.24. The van der Waals surface area contributed by atoms with Crippen molar-refractivity contribution in [3.05, 3.63) is 66.5 Å². The van der Waals surface area contributed by atoms with Gasteiger partial charge in [-0.05, 0) is 49.2 Å². The molecule has 1 aromatic carbocycles. The van der Waals surface area contributed by atoms with Crippen LogP contribution in [-0.2, 0) is 9.53 Å². The second-order valence-corrected chi connectivity index (χ2v) is 5.10. The Morgan fingerprint density at radius 3 is 2.71 bits per heavy atom. The summed E-state index contributed by atoms with van der Waals surface area (Å²) in [6, 6.07) is 11.6. The lowest BCUT2D eigenvalue weighted by atomic mass is 10.0. The zero-order chi connectivity index (χ0) is 17.2. The van der Waals surface area contributed by atoms with Crippen LogP contribution >= 0.6 is 0 Å². The first kappa shape index (κ1) is 17.5. The lowest BCUT2D eigenvalue weighted by Gasteiger charge is -2.19. The van der Waals surface area contributed by atoms with E-state index in [4.69, 9.17) is 9.47 Å². The van der Waals surface area contributed by atoms with Crippen molar-refractivity contribution in [2.45, 2.75) is 19.4 Å². The molecule has 0 amide bonds. The van der Waals surface area contributed by atoms with Gasteiger partial charge in [-0.25, -0.2) is 4.79 Å². The molecule has 1 N–H and O–H groups in total. The Morgan fingerprint density at radius 2 is 2.08 bits per heavy atom. The summed E-state index contributed by atoms with van der Waals surface area (Å²) in [6.07, 6.45) is 7.47. The molecule has 24 heavy (non-hydrogen) atoms. The summed E-state index contributed by atoms with van der Waals surface area (Å²) in [5.74, 6) is 0.479. The molecule has 0 aliphatic carbocycles. The number of carbonyl (C=O) groups excluding carboxylic acids is 1. The molecule has 126 valence electrons. The third kappa shape index (κ3) is 5.43. The second kappa shape index (κ2) is 9.35. The molecular weight excluding hydrogens is 304 g/mol. The van der Waals surface area contributed by atoms with Crippen molar-refractivity contribution in [1.82, 2.24) is 4.98 Å². The smallest absolute Gasteiger partial charge is 0.330 e. The molecule has 2 rings (SSSR count). The number of nitrogens with zero attached hydrogens (tertiary/aromatic N) is 1. The highest BCUT2D eigenvalue weighted by Crippen LogP contribution is 2.24. The maximum Gasteiger partial charge on any atom is 0.330 e. The average Bonchev–Trinajstić information content (AvgIpc) is 2.62. The minimum Gasteiger partial charge on any atom is -0.497 e. The number of esters is 1. The van der Waals surface area contributed by atoms with Crippen molar-refractivity contribution in [2.75, 3.05) is 19.0 Å². The Kier molecular flexibility index (Phi) is 6.83. The summed E-state index contributed by atoms with van der Waals surface area (Å²) in [6.45, 7) is 2.16. The van der Waals surface area contributed by atoms with Crippen LogP contribution in [0.15, 0.2) is 60.9 Å². The Bertz CT molecular complexity index is 654. The van der Waals surface area contributed by atoms with E-state index in [0.29, 0.717) is 13.0 Å². The number of anilines is 1. The van der Waals surface area contributed by atoms with E-state index in [1.54, 1.807) is 20.2 Å². The number of hydrogen-bond donors (Lipinski definition) is 1. The number of carbonyl (C=O) groups is 1. The predicted molar refractivity (Wildman–Crippen MR) is 94.0 cm³/mol. The monoisotopic (exact) mass is 326 g/mol. The molecule has 2 aromatic rings. The van der Waals surface area contributed by atoms with Crippen molar-refractivity contribution in [3.8, 4) is 5.75 Å². The highest BCUT2D eigenvalue weighted by molar-refractivity contribution is 5.81. The molecule has 0 saturated heterocycles. The number of nitrogens with one attached hydrogen (secondary N) is 1. The lowest BCUT2D eigenvalue weighted by Crippen LogP contribution is -2.10. The van der Waals surface area contributed by atoms with Gasteiger partial charge in [-0.2, -0.15) is 0 Å². The van der Waals surface area contributed by atoms with E-state index >= 15 is 0 Å². The topological polar surface area (TPSA) is 60.5 Å². The SMILES string of the molecule is CCOC(=O)/C=C/C[C@H](Nc1ccc(OC)cc1)c1cccnc1. The van der Waals surface area contributed by atoms with E-state index in [-0.39, 0.29) is 12.0 Å². The third-order valence-electron chi connectivity index (χ3n) is 3.43. The molecule has 0 spiro atoms. The van der Waals surface area contributed by atoms with Crippen LogP contribution in [0, 0.1) is 0 Å². The Labute approximate surface area is 142 Å². The predicted octanol–water partition coefficient (Wildman–Crippen LogP) is 3.75. The number of hydrogen-bond acceptors (Lipinski definition) is 5. The quantitative estimate of drug-likeness (QED) is 0.591. The van der Waals surface area contributed by atoms with Crippen LogP contribution in [0.4, 0.5) is 5.69 Å². The fraction of sp³-hybridized carbons (Fsp3) is 0.263. The third-order valence-corrected chi connectivity index (χ3v) is 3.43. The molecule has 0 saturated carbocycles. The van der Waals surface area contributed by atoms with E-state index in [9.17, 15) is 4.79 Å². The molecular formula is C19H22N2O3. The van der Waals surface area contributed by atoms with E-state index in [0.717, 1.165) is 17.0 Å². The minimum absolute atomic E-state index is 0.00206. The van der Waals surface area contributed by atoms with Gasteiger partial charge in [0.05, 0.1) is 19.8 Å². The Morgan fingerprint density at radius 1 is 1.29 bits per heavy atom. The van der Waals surface area contributed by atoms with E-state index < -0.39 is 0 Å². The minimum atomic E-state index is -0.327. The van der Waals surface area contributed by atoms with Gasteiger partial charge < -0.3 is 14.8 Å². The average molecular weight is 326 g/mol.